The molecule has 0 spiro atoms. The molecular weight excluding hydrogens is 302 g/mol. The number of nitrogens with one attached hydrogen (secondary N) is 1. The predicted octanol–water partition coefficient (Wildman–Crippen LogP) is 4.00. The van der Waals surface area contributed by atoms with E-state index in [-0.39, 0.29) is 17.1 Å². The summed E-state index contributed by atoms with van der Waals surface area (Å²) in [5, 5.41) is 2.35. The second-order valence-electron chi connectivity index (χ2n) is 4.35. The van der Waals surface area contributed by atoms with Gasteiger partial charge in [-0.05, 0) is 42.5 Å². The SMILES string of the molecule is CNC(=O)c1ccc(Oc2ccc(C(F)(F)F)cc2)c(F)c1. The standard InChI is InChI=1S/C15H11F4NO2/c1-20-14(21)9-2-7-13(12(16)8-9)22-11-5-3-10(4-6-11)15(17,18)19/h2-8H,1H3,(H,20,21). The molecule has 0 aliphatic heterocycles. The van der Waals surface area contributed by atoms with Gasteiger partial charge in [0.2, 0.25) is 0 Å². The lowest BCUT2D eigenvalue weighted by atomic mass is 10.2. The Morgan fingerprint density at radius 3 is 2.23 bits per heavy atom. The van der Waals surface area contributed by atoms with Crippen LogP contribution < -0.4 is 10.1 Å². The molecule has 1 amide bonds. The van der Waals surface area contributed by atoms with Crippen LogP contribution in [-0.4, -0.2) is 13.0 Å². The molecule has 2 rings (SSSR count). The van der Waals surface area contributed by atoms with Crippen molar-refractivity contribution in [3.8, 4) is 11.5 Å². The van der Waals surface area contributed by atoms with Gasteiger partial charge < -0.3 is 10.1 Å². The van der Waals surface area contributed by atoms with Crippen molar-refractivity contribution in [3.63, 3.8) is 0 Å². The number of hydrogen-bond acceptors (Lipinski definition) is 2. The van der Waals surface area contributed by atoms with Gasteiger partial charge in [-0.3, -0.25) is 4.79 Å². The Bertz CT molecular complexity index is 681. The average Bonchev–Trinajstić information content (AvgIpc) is 2.48. The smallest absolute Gasteiger partial charge is 0.416 e. The molecule has 0 aliphatic carbocycles. The lowest BCUT2D eigenvalue weighted by molar-refractivity contribution is -0.137. The van der Waals surface area contributed by atoms with Crippen LogP contribution in [0.3, 0.4) is 0 Å². The van der Waals surface area contributed by atoms with E-state index in [1.807, 2.05) is 0 Å². The van der Waals surface area contributed by atoms with Crippen molar-refractivity contribution < 1.29 is 27.1 Å². The molecule has 3 nitrogen and oxygen atoms in total. The second-order valence-corrected chi connectivity index (χ2v) is 4.35. The summed E-state index contributed by atoms with van der Waals surface area (Å²) in [7, 11) is 1.41. The Labute approximate surface area is 123 Å². The lowest BCUT2D eigenvalue weighted by Crippen LogP contribution is -2.17. The van der Waals surface area contributed by atoms with Crippen LogP contribution in [-0.2, 0) is 6.18 Å². The zero-order valence-corrected chi connectivity index (χ0v) is 11.4. The monoisotopic (exact) mass is 313 g/mol. The molecule has 0 aliphatic rings. The van der Waals surface area contributed by atoms with Gasteiger partial charge in [-0.15, -0.1) is 0 Å². The average molecular weight is 313 g/mol. The number of alkyl halides is 3. The first-order valence-corrected chi connectivity index (χ1v) is 6.18. The Morgan fingerprint density at radius 1 is 1.09 bits per heavy atom. The fourth-order valence-corrected chi connectivity index (χ4v) is 1.71. The molecule has 116 valence electrons. The van der Waals surface area contributed by atoms with Crippen LogP contribution in [0.2, 0.25) is 0 Å². The van der Waals surface area contributed by atoms with Crippen molar-refractivity contribution in [1.82, 2.24) is 5.32 Å². The lowest BCUT2D eigenvalue weighted by Gasteiger charge is -2.10. The largest absolute Gasteiger partial charge is 0.454 e. The van der Waals surface area contributed by atoms with Crippen molar-refractivity contribution in [2.75, 3.05) is 7.05 Å². The van der Waals surface area contributed by atoms with Crippen molar-refractivity contribution in [1.29, 1.82) is 0 Å². The third-order valence-corrected chi connectivity index (χ3v) is 2.83. The normalized spacial score (nSPS) is 11.1. The minimum Gasteiger partial charge on any atom is -0.454 e. The first-order valence-electron chi connectivity index (χ1n) is 6.18. The quantitative estimate of drug-likeness (QED) is 0.870. The number of benzene rings is 2. The van der Waals surface area contributed by atoms with Gasteiger partial charge in [-0.1, -0.05) is 0 Å². The van der Waals surface area contributed by atoms with Gasteiger partial charge >= 0.3 is 6.18 Å². The highest BCUT2D eigenvalue weighted by Gasteiger charge is 2.30. The van der Waals surface area contributed by atoms with Crippen LogP contribution in [0.25, 0.3) is 0 Å². The Morgan fingerprint density at radius 2 is 1.73 bits per heavy atom. The zero-order valence-electron chi connectivity index (χ0n) is 11.4. The summed E-state index contributed by atoms with van der Waals surface area (Å²) in [5.74, 6) is -1.38. The van der Waals surface area contributed by atoms with E-state index in [9.17, 15) is 22.4 Å². The fraction of sp³-hybridized carbons (Fsp3) is 0.133. The van der Waals surface area contributed by atoms with Gasteiger partial charge in [0.15, 0.2) is 11.6 Å². The zero-order chi connectivity index (χ0) is 16.3. The van der Waals surface area contributed by atoms with Crippen LogP contribution in [0.15, 0.2) is 42.5 Å². The van der Waals surface area contributed by atoms with E-state index < -0.39 is 23.5 Å². The van der Waals surface area contributed by atoms with Crippen molar-refractivity contribution in [2.45, 2.75) is 6.18 Å². The van der Waals surface area contributed by atoms with Crippen LogP contribution in [0.4, 0.5) is 17.6 Å². The number of ether oxygens (including phenoxy) is 1. The van der Waals surface area contributed by atoms with Crippen LogP contribution >= 0.6 is 0 Å². The Balaban J connectivity index is 2.19. The van der Waals surface area contributed by atoms with Gasteiger partial charge in [0, 0.05) is 12.6 Å². The number of rotatable bonds is 3. The summed E-state index contributed by atoms with van der Waals surface area (Å²) < 4.78 is 56.3. The summed E-state index contributed by atoms with van der Waals surface area (Å²) in [6, 6.07) is 7.43. The van der Waals surface area contributed by atoms with E-state index >= 15 is 0 Å². The Kier molecular flexibility index (Phi) is 4.35. The molecule has 1 N–H and O–H groups in total. The molecule has 2 aromatic carbocycles. The summed E-state index contributed by atoms with van der Waals surface area (Å²) in [4.78, 5) is 11.3. The molecule has 0 atom stereocenters. The van der Waals surface area contributed by atoms with Gasteiger partial charge in [0.05, 0.1) is 5.56 Å². The van der Waals surface area contributed by atoms with Crippen molar-refractivity contribution >= 4 is 5.91 Å². The van der Waals surface area contributed by atoms with E-state index in [1.165, 1.54) is 19.2 Å². The maximum atomic E-state index is 13.8. The van der Waals surface area contributed by atoms with Crippen LogP contribution in [0.1, 0.15) is 15.9 Å². The number of hydrogen-bond donors (Lipinski definition) is 1. The summed E-state index contributed by atoms with van der Waals surface area (Å²) >= 11 is 0. The number of halogens is 4. The van der Waals surface area contributed by atoms with Crippen molar-refractivity contribution in [3.05, 3.63) is 59.4 Å². The molecule has 7 heteroatoms. The minimum absolute atomic E-state index is 0.0552. The molecular formula is C15H11F4NO2. The number of carbonyl (C=O) groups is 1. The minimum atomic E-state index is -4.45. The highest BCUT2D eigenvalue weighted by Crippen LogP contribution is 2.32. The number of carbonyl (C=O) groups excluding carboxylic acids is 1. The van der Waals surface area contributed by atoms with Gasteiger partial charge in [0.1, 0.15) is 5.75 Å². The molecule has 0 saturated carbocycles. The van der Waals surface area contributed by atoms with Crippen molar-refractivity contribution in [2.24, 2.45) is 0 Å². The van der Waals surface area contributed by atoms with Crippen LogP contribution in [0, 0.1) is 5.82 Å². The maximum absolute atomic E-state index is 13.8. The van der Waals surface area contributed by atoms with E-state index in [1.54, 1.807) is 0 Å². The molecule has 0 unspecified atom stereocenters. The highest BCUT2D eigenvalue weighted by atomic mass is 19.4. The third kappa shape index (κ3) is 3.55. The van der Waals surface area contributed by atoms with E-state index in [0.717, 1.165) is 30.3 Å². The molecule has 0 saturated heterocycles. The Hall–Kier alpha value is -2.57. The summed E-state index contributed by atoms with van der Waals surface area (Å²) in [6.45, 7) is 0. The van der Waals surface area contributed by atoms with E-state index in [0.29, 0.717) is 0 Å². The highest BCUT2D eigenvalue weighted by molar-refractivity contribution is 5.94. The molecule has 0 bridgehead atoms. The molecule has 0 aromatic heterocycles. The number of amides is 1. The van der Waals surface area contributed by atoms with E-state index in [2.05, 4.69) is 5.32 Å². The molecule has 22 heavy (non-hydrogen) atoms. The first kappa shape index (κ1) is 15.8. The first-order chi connectivity index (χ1) is 10.3. The third-order valence-electron chi connectivity index (χ3n) is 2.83. The van der Waals surface area contributed by atoms with E-state index in [4.69, 9.17) is 4.74 Å². The van der Waals surface area contributed by atoms with Gasteiger partial charge in [-0.2, -0.15) is 13.2 Å². The molecule has 0 fully saturated rings. The fourth-order valence-electron chi connectivity index (χ4n) is 1.71. The van der Waals surface area contributed by atoms with Crippen LogP contribution in [0.5, 0.6) is 11.5 Å². The molecule has 0 radical (unpaired) electrons. The summed E-state index contributed by atoms with van der Waals surface area (Å²) in [5.41, 5.74) is -0.713. The molecule has 2 aromatic rings. The van der Waals surface area contributed by atoms with Gasteiger partial charge in [0.25, 0.3) is 5.91 Å². The maximum Gasteiger partial charge on any atom is 0.416 e. The second kappa shape index (κ2) is 6.05. The predicted molar refractivity (Wildman–Crippen MR) is 71.3 cm³/mol. The van der Waals surface area contributed by atoms with Gasteiger partial charge in [-0.25, -0.2) is 4.39 Å². The molecule has 0 heterocycles. The topological polar surface area (TPSA) is 38.3 Å². The summed E-state index contributed by atoms with van der Waals surface area (Å²) in [6.07, 6.45) is -4.45.